The second-order valence-electron chi connectivity index (χ2n) is 5.90. The molecule has 0 bridgehead atoms. The standard InChI is InChI=1S/C20H23BrN2O/c1-2-11-24-20-8-7-15(12-18(20)21)13-22-10-9-16-14-23-19-6-4-3-5-17(16)19/h3-8,12,14,22-23H,2,9-11,13H2,1H3. The minimum absolute atomic E-state index is 0.751. The Kier molecular flexibility index (Phi) is 5.94. The van der Waals surface area contributed by atoms with Crippen LogP contribution >= 0.6 is 15.9 Å². The molecule has 3 rings (SSSR count). The van der Waals surface area contributed by atoms with Crippen molar-refractivity contribution in [2.24, 2.45) is 0 Å². The summed E-state index contributed by atoms with van der Waals surface area (Å²) in [5.74, 6) is 0.916. The van der Waals surface area contributed by atoms with Gasteiger partial charge in [-0.1, -0.05) is 31.2 Å². The van der Waals surface area contributed by atoms with E-state index in [1.807, 2.05) is 6.07 Å². The predicted octanol–water partition coefficient (Wildman–Crippen LogP) is 5.05. The van der Waals surface area contributed by atoms with Gasteiger partial charge in [0.15, 0.2) is 0 Å². The summed E-state index contributed by atoms with van der Waals surface area (Å²) in [7, 11) is 0. The largest absolute Gasteiger partial charge is 0.492 e. The average Bonchev–Trinajstić information content (AvgIpc) is 3.01. The van der Waals surface area contributed by atoms with Crippen molar-refractivity contribution < 1.29 is 4.74 Å². The van der Waals surface area contributed by atoms with Gasteiger partial charge in [0.05, 0.1) is 11.1 Å². The van der Waals surface area contributed by atoms with Gasteiger partial charge in [-0.2, -0.15) is 0 Å². The fraction of sp³-hybridized carbons (Fsp3) is 0.300. The Bertz CT molecular complexity index is 797. The molecule has 0 aliphatic heterocycles. The number of rotatable bonds is 8. The summed E-state index contributed by atoms with van der Waals surface area (Å²) in [6.45, 7) is 4.67. The lowest BCUT2D eigenvalue weighted by Crippen LogP contribution is -2.16. The Balaban J connectivity index is 1.50. The van der Waals surface area contributed by atoms with Gasteiger partial charge < -0.3 is 15.0 Å². The van der Waals surface area contributed by atoms with Crippen LogP contribution in [0, 0.1) is 0 Å². The molecule has 0 amide bonds. The highest BCUT2D eigenvalue weighted by Crippen LogP contribution is 2.26. The highest BCUT2D eigenvalue weighted by atomic mass is 79.9. The van der Waals surface area contributed by atoms with Crippen LogP contribution in [0.15, 0.2) is 53.1 Å². The van der Waals surface area contributed by atoms with E-state index < -0.39 is 0 Å². The van der Waals surface area contributed by atoms with Crippen LogP contribution in [0.2, 0.25) is 0 Å². The van der Waals surface area contributed by atoms with E-state index in [1.165, 1.54) is 22.0 Å². The van der Waals surface area contributed by atoms with Crippen molar-refractivity contribution in [1.82, 2.24) is 10.3 Å². The second-order valence-corrected chi connectivity index (χ2v) is 6.75. The summed E-state index contributed by atoms with van der Waals surface area (Å²) in [4.78, 5) is 3.33. The molecule has 1 heterocycles. The molecule has 0 unspecified atom stereocenters. The lowest BCUT2D eigenvalue weighted by atomic mass is 10.1. The molecule has 3 nitrogen and oxygen atoms in total. The SMILES string of the molecule is CCCOc1ccc(CNCCc2c[nH]c3ccccc23)cc1Br. The van der Waals surface area contributed by atoms with E-state index in [-0.39, 0.29) is 0 Å². The average molecular weight is 387 g/mol. The van der Waals surface area contributed by atoms with Crippen LogP contribution in [-0.4, -0.2) is 18.1 Å². The third-order valence-corrected chi connectivity index (χ3v) is 4.65. The van der Waals surface area contributed by atoms with E-state index in [2.05, 4.69) is 75.7 Å². The van der Waals surface area contributed by atoms with Crippen molar-refractivity contribution in [2.75, 3.05) is 13.2 Å². The summed E-state index contributed by atoms with van der Waals surface area (Å²) in [6, 6.07) is 14.7. The van der Waals surface area contributed by atoms with Crippen LogP contribution in [0.5, 0.6) is 5.75 Å². The van der Waals surface area contributed by atoms with Crippen LogP contribution in [0.1, 0.15) is 24.5 Å². The molecule has 24 heavy (non-hydrogen) atoms. The molecular weight excluding hydrogens is 364 g/mol. The Hall–Kier alpha value is -1.78. The highest BCUT2D eigenvalue weighted by molar-refractivity contribution is 9.10. The number of benzene rings is 2. The molecule has 0 spiro atoms. The summed E-state index contributed by atoms with van der Waals surface area (Å²) in [6.07, 6.45) is 4.15. The van der Waals surface area contributed by atoms with Gasteiger partial charge in [0, 0.05) is 23.6 Å². The molecule has 0 aliphatic carbocycles. The lowest BCUT2D eigenvalue weighted by molar-refractivity contribution is 0.315. The third-order valence-electron chi connectivity index (χ3n) is 4.03. The summed E-state index contributed by atoms with van der Waals surface area (Å²) >= 11 is 3.59. The van der Waals surface area contributed by atoms with E-state index in [1.54, 1.807) is 0 Å². The first-order valence-corrected chi connectivity index (χ1v) is 9.24. The van der Waals surface area contributed by atoms with Gasteiger partial charge in [-0.15, -0.1) is 0 Å². The van der Waals surface area contributed by atoms with Crippen LogP contribution in [-0.2, 0) is 13.0 Å². The molecule has 0 saturated heterocycles. The summed E-state index contributed by atoms with van der Waals surface area (Å²) < 4.78 is 6.71. The molecule has 4 heteroatoms. The molecule has 3 aromatic rings. The third kappa shape index (κ3) is 4.19. The fourth-order valence-corrected chi connectivity index (χ4v) is 3.32. The number of ether oxygens (including phenoxy) is 1. The zero-order chi connectivity index (χ0) is 16.8. The van der Waals surface area contributed by atoms with E-state index >= 15 is 0 Å². The van der Waals surface area contributed by atoms with Gasteiger partial charge in [0.25, 0.3) is 0 Å². The van der Waals surface area contributed by atoms with Crippen LogP contribution in [0.3, 0.4) is 0 Å². The Morgan fingerprint density at radius 2 is 2.04 bits per heavy atom. The van der Waals surface area contributed by atoms with Gasteiger partial charge in [-0.25, -0.2) is 0 Å². The maximum absolute atomic E-state index is 5.69. The molecule has 0 fully saturated rings. The van der Waals surface area contributed by atoms with E-state index in [0.29, 0.717) is 0 Å². The minimum atomic E-state index is 0.751. The molecule has 0 saturated carbocycles. The van der Waals surface area contributed by atoms with Gasteiger partial charge in [-0.3, -0.25) is 0 Å². The zero-order valence-corrected chi connectivity index (χ0v) is 15.5. The maximum atomic E-state index is 5.69. The first-order chi connectivity index (χ1) is 11.8. The predicted molar refractivity (Wildman–Crippen MR) is 104 cm³/mol. The maximum Gasteiger partial charge on any atom is 0.133 e. The Morgan fingerprint density at radius 3 is 2.88 bits per heavy atom. The molecule has 1 aromatic heterocycles. The lowest BCUT2D eigenvalue weighted by Gasteiger charge is -2.09. The van der Waals surface area contributed by atoms with E-state index in [4.69, 9.17) is 4.74 Å². The van der Waals surface area contributed by atoms with Gasteiger partial charge in [0.1, 0.15) is 5.75 Å². The normalized spacial score (nSPS) is 11.1. The summed E-state index contributed by atoms with van der Waals surface area (Å²) in [5.41, 5.74) is 3.83. The number of H-pyrrole nitrogens is 1. The topological polar surface area (TPSA) is 37.0 Å². The number of aromatic nitrogens is 1. The number of aromatic amines is 1. The number of hydrogen-bond acceptors (Lipinski definition) is 2. The zero-order valence-electron chi connectivity index (χ0n) is 13.9. The van der Waals surface area contributed by atoms with Gasteiger partial charge in [-0.05, 0) is 64.6 Å². The van der Waals surface area contributed by atoms with Crippen molar-refractivity contribution in [3.63, 3.8) is 0 Å². The molecule has 0 atom stereocenters. The monoisotopic (exact) mass is 386 g/mol. The van der Waals surface area contributed by atoms with Crippen molar-refractivity contribution in [1.29, 1.82) is 0 Å². The molecule has 2 aromatic carbocycles. The Labute approximate surface area is 151 Å². The minimum Gasteiger partial charge on any atom is -0.492 e. The van der Waals surface area contributed by atoms with Gasteiger partial charge in [0.2, 0.25) is 0 Å². The van der Waals surface area contributed by atoms with E-state index in [9.17, 15) is 0 Å². The van der Waals surface area contributed by atoms with Crippen molar-refractivity contribution in [2.45, 2.75) is 26.3 Å². The first kappa shape index (κ1) is 17.1. The van der Waals surface area contributed by atoms with Crippen LogP contribution in [0.4, 0.5) is 0 Å². The van der Waals surface area contributed by atoms with Crippen molar-refractivity contribution >= 4 is 26.8 Å². The first-order valence-electron chi connectivity index (χ1n) is 8.45. The van der Waals surface area contributed by atoms with Crippen LogP contribution < -0.4 is 10.1 Å². The number of fused-ring (bicyclic) bond motifs is 1. The molecule has 0 aliphatic rings. The highest BCUT2D eigenvalue weighted by Gasteiger charge is 2.04. The number of nitrogens with one attached hydrogen (secondary N) is 2. The number of halogens is 1. The molecule has 2 N–H and O–H groups in total. The quantitative estimate of drug-likeness (QED) is 0.531. The smallest absolute Gasteiger partial charge is 0.133 e. The fourth-order valence-electron chi connectivity index (χ4n) is 2.78. The van der Waals surface area contributed by atoms with Crippen molar-refractivity contribution in [3.05, 3.63) is 64.3 Å². The van der Waals surface area contributed by atoms with Crippen LogP contribution in [0.25, 0.3) is 10.9 Å². The molecule has 126 valence electrons. The summed E-state index contributed by atoms with van der Waals surface area (Å²) in [5, 5.41) is 4.84. The number of hydrogen-bond donors (Lipinski definition) is 2. The van der Waals surface area contributed by atoms with Crippen molar-refractivity contribution in [3.8, 4) is 5.75 Å². The van der Waals surface area contributed by atoms with E-state index in [0.717, 1.165) is 42.8 Å². The molecule has 0 radical (unpaired) electrons. The van der Waals surface area contributed by atoms with Gasteiger partial charge >= 0.3 is 0 Å². The number of para-hydroxylation sites is 1. The molecular formula is C20H23BrN2O. The Morgan fingerprint density at radius 1 is 1.17 bits per heavy atom. The second kappa shape index (κ2) is 8.36.